The molecule has 0 aromatic heterocycles. The highest BCUT2D eigenvalue weighted by Gasteiger charge is 2.36. The van der Waals surface area contributed by atoms with Crippen LogP contribution in [0.4, 0.5) is 18.0 Å². The van der Waals surface area contributed by atoms with Gasteiger partial charge in [0.2, 0.25) is 0 Å². The zero-order chi connectivity index (χ0) is 15.3. The summed E-state index contributed by atoms with van der Waals surface area (Å²) in [6.07, 6.45) is -4.50. The third kappa shape index (κ3) is 4.79. The molecule has 1 unspecified atom stereocenters. The topological polar surface area (TPSA) is 78.4 Å². The number of urea groups is 1. The number of amides is 2. The highest BCUT2D eigenvalue weighted by Crippen LogP contribution is 2.19. The van der Waals surface area contributed by atoms with Crippen LogP contribution in [-0.4, -0.2) is 29.3 Å². The Morgan fingerprint density at radius 2 is 1.80 bits per heavy atom. The van der Waals surface area contributed by atoms with E-state index in [4.69, 9.17) is 5.11 Å². The van der Waals surface area contributed by atoms with Crippen LogP contribution in [0.1, 0.15) is 22.8 Å². The second kappa shape index (κ2) is 6.27. The summed E-state index contributed by atoms with van der Waals surface area (Å²) in [5.74, 6) is -1.08. The number of alkyl halides is 3. The number of hydrogen-bond acceptors (Lipinski definition) is 2. The van der Waals surface area contributed by atoms with Crippen molar-refractivity contribution >= 4 is 12.0 Å². The first-order valence-corrected chi connectivity index (χ1v) is 5.63. The van der Waals surface area contributed by atoms with Crippen molar-refractivity contribution in [3.05, 3.63) is 35.4 Å². The van der Waals surface area contributed by atoms with Crippen molar-refractivity contribution in [3.8, 4) is 0 Å². The molecule has 1 aromatic carbocycles. The van der Waals surface area contributed by atoms with E-state index in [-0.39, 0.29) is 12.1 Å². The summed E-state index contributed by atoms with van der Waals surface area (Å²) >= 11 is 0. The number of carboxylic acid groups (broad SMARTS) is 1. The molecule has 3 N–H and O–H groups in total. The third-order valence-corrected chi connectivity index (χ3v) is 2.49. The number of benzene rings is 1. The molecule has 1 rings (SSSR count). The molecule has 5 nitrogen and oxygen atoms in total. The SMILES string of the molecule is CC(NC(=O)NCc1ccc(C(=O)O)cc1)C(F)(F)F. The van der Waals surface area contributed by atoms with Gasteiger partial charge in [0.15, 0.2) is 0 Å². The summed E-state index contributed by atoms with van der Waals surface area (Å²) in [6.45, 7) is 0.831. The minimum atomic E-state index is -4.50. The summed E-state index contributed by atoms with van der Waals surface area (Å²) < 4.78 is 36.6. The first-order chi connectivity index (χ1) is 9.20. The minimum Gasteiger partial charge on any atom is -0.478 e. The molecule has 0 spiro atoms. The zero-order valence-corrected chi connectivity index (χ0v) is 10.5. The van der Waals surface area contributed by atoms with Gasteiger partial charge in [-0.2, -0.15) is 13.2 Å². The lowest BCUT2D eigenvalue weighted by molar-refractivity contribution is -0.148. The van der Waals surface area contributed by atoms with Crippen LogP contribution in [0.25, 0.3) is 0 Å². The lowest BCUT2D eigenvalue weighted by Crippen LogP contribution is -2.47. The molecule has 0 aliphatic heterocycles. The molecule has 0 saturated carbocycles. The van der Waals surface area contributed by atoms with Crippen molar-refractivity contribution in [1.29, 1.82) is 0 Å². The van der Waals surface area contributed by atoms with Crippen LogP contribution < -0.4 is 10.6 Å². The molecule has 1 aromatic rings. The highest BCUT2D eigenvalue weighted by atomic mass is 19.4. The molecule has 2 amide bonds. The lowest BCUT2D eigenvalue weighted by Gasteiger charge is -2.17. The Labute approximate surface area is 112 Å². The Balaban J connectivity index is 2.47. The van der Waals surface area contributed by atoms with E-state index in [0.29, 0.717) is 5.56 Å². The van der Waals surface area contributed by atoms with E-state index in [2.05, 4.69) is 5.32 Å². The fraction of sp³-hybridized carbons (Fsp3) is 0.333. The average Bonchev–Trinajstić information content (AvgIpc) is 2.35. The summed E-state index contributed by atoms with van der Waals surface area (Å²) in [7, 11) is 0. The largest absolute Gasteiger partial charge is 0.478 e. The number of nitrogens with one attached hydrogen (secondary N) is 2. The first-order valence-electron chi connectivity index (χ1n) is 5.63. The van der Waals surface area contributed by atoms with E-state index >= 15 is 0 Å². The van der Waals surface area contributed by atoms with E-state index in [9.17, 15) is 22.8 Å². The van der Waals surface area contributed by atoms with Gasteiger partial charge in [0.1, 0.15) is 6.04 Å². The molecular formula is C12H13F3N2O3. The normalized spacial score (nSPS) is 12.6. The van der Waals surface area contributed by atoms with Crippen LogP contribution in [0.2, 0.25) is 0 Å². The Bertz CT molecular complexity index is 486. The van der Waals surface area contributed by atoms with Crippen molar-refractivity contribution < 1.29 is 27.9 Å². The van der Waals surface area contributed by atoms with Gasteiger partial charge >= 0.3 is 18.2 Å². The quantitative estimate of drug-likeness (QED) is 0.795. The maximum absolute atomic E-state index is 12.2. The van der Waals surface area contributed by atoms with Gasteiger partial charge in [-0.05, 0) is 24.6 Å². The minimum absolute atomic E-state index is 0.00366. The van der Waals surface area contributed by atoms with Crippen molar-refractivity contribution in [1.82, 2.24) is 10.6 Å². The van der Waals surface area contributed by atoms with Gasteiger partial charge in [0.05, 0.1) is 5.56 Å². The number of hydrogen-bond donors (Lipinski definition) is 3. The summed E-state index contributed by atoms with van der Waals surface area (Å²) in [5, 5.41) is 12.7. The predicted molar refractivity (Wildman–Crippen MR) is 64.3 cm³/mol. The van der Waals surface area contributed by atoms with Gasteiger partial charge in [0.25, 0.3) is 0 Å². The Kier molecular flexibility index (Phi) is 4.95. The number of carboxylic acids is 1. The van der Waals surface area contributed by atoms with Crippen molar-refractivity contribution in [3.63, 3.8) is 0 Å². The van der Waals surface area contributed by atoms with Crippen molar-refractivity contribution in [2.45, 2.75) is 25.7 Å². The van der Waals surface area contributed by atoms with E-state index in [1.165, 1.54) is 24.3 Å². The first kappa shape index (κ1) is 15.8. The number of aromatic carboxylic acids is 1. The van der Waals surface area contributed by atoms with Gasteiger partial charge in [-0.15, -0.1) is 0 Å². The lowest BCUT2D eigenvalue weighted by atomic mass is 10.1. The molecule has 0 radical (unpaired) electrons. The molecule has 0 heterocycles. The standard InChI is InChI=1S/C12H13F3N2O3/c1-7(12(13,14)15)17-11(20)16-6-8-2-4-9(5-3-8)10(18)19/h2-5,7H,6H2,1H3,(H,18,19)(H2,16,17,20). The molecule has 0 fully saturated rings. The van der Waals surface area contributed by atoms with Crippen LogP contribution in [0.3, 0.4) is 0 Å². The molecule has 110 valence electrons. The van der Waals surface area contributed by atoms with Crippen LogP contribution in [0.5, 0.6) is 0 Å². The van der Waals surface area contributed by atoms with Gasteiger partial charge < -0.3 is 15.7 Å². The second-order valence-electron chi connectivity index (χ2n) is 4.09. The Morgan fingerprint density at radius 3 is 2.25 bits per heavy atom. The molecule has 20 heavy (non-hydrogen) atoms. The van der Waals surface area contributed by atoms with Crippen molar-refractivity contribution in [2.75, 3.05) is 0 Å². The number of rotatable bonds is 4. The summed E-state index contributed by atoms with van der Waals surface area (Å²) in [4.78, 5) is 21.8. The second-order valence-corrected chi connectivity index (χ2v) is 4.09. The van der Waals surface area contributed by atoms with Gasteiger partial charge in [-0.1, -0.05) is 12.1 Å². The molecule has 0 aliphatic rings. The van der Waals surface area contributed by atoms with E-state index < -0.39 is 24.2 Å². The van der Waals surface area contributed by atoms with Gasteiger partial charge in [-0.25, -0.2) is 9.59 Å². The average molecular weight is 290 g/mol. The molecule has 0 saturated heterocycles. The highest BCUT2D eigenvalue weighted by molar-refractivity contribution is 5.87. The molecule has 1 atom stereocenters. The molecule has 0 bridgehead atoms. The fourth-order valence-corrected chi connectivity index (χ4v) is 1.28. The summed E-state index contributed by atoms with van der Waals surface area (Å²) in [6, 6.07) is 2.73. The van der Waals surface area contributed by atoms with Crippen LogP contribution in [0, 0.1) is 0 Å². The maximum atomic E-state index is 12.2. The zero-order valence-electron chi connectivity index (χ0n) is 10.5. The van der Waals surface area contributed by atoms with E-state index in [1.54, 1.807) is 5.32 Å². The third-order valence-electron chi connectivity index (χ3n) is 2.49. The van der Waals surface area contributed by atoms with Gasteiger partial charge in [-0.3, -0.25) is 0 Å². The Hall–Kier alpha value is -2.25. The monoisotopic (exact) mass is 290 g/mol. The van der Waals surface area contributed by atoms with Crippen molar-refractivity contribution in [2.24, 2.45) is 0 Å². The van der Waals surface area contributed by atoms with Crippen LogP contribution >= 0.6 is 0 Å². The smallest absolute Gasteiger partial charge is 0.408 e. The number of carbonyl (C=O) groups excluding carboxylic acids is 1. The van der Waals surface area contributed by atoms with E-state index in [0.717, 1.165) is 6.92 Å². The predicted octanol–water partition coefficient (Wildman–Crippen LogP) is 2.13. The Morgan fingerprint density at radius 1 is 1.25 bits per heavy atom. The molecule has 0 aliphatic carbocycles. The van der Waals surface area contributed by atoms with E-state index in [1.807, 2.05) is 0 Å². The summed E-state index contributed by atoms with van der Waals surface area (Å²) in [5.41, 5.74) is 0.661. The van der Waals surface area contributed by atoms with Crippen LogP contribution in [-0.2, 0) is 6.54 Å². The molecular weight excluding hydrogens is 277 g/mol. The molecule has 8 heteroatoms. The number of carbonyl (C=O) groups is 2. The maximum Gasteiger partial charge on any atom is 0.408 e. The fourth-order valence-electron chi connectivity index (χ4n) is 1.28. The number of halogens is 3. The van der Waals surface area contributed by atoms with Gasteiger partial charge in [0, 0.05) is 6.54 Å². The van der Waals surface area contributed by atoms with Crippen LogP contribution in [0.15, 0.2) is 24.3 Å².